The molecule has 1 N–H and O–H groups in total. The molecule has 0 saturated carbocycles. The van der Waals surface area contributed by atoms with Crippen LogP contribution in [-0.4, -0.2) is 30.6 Å². The van der Waals surface area contributed by atoms with Crippen molar-refractivity contribution >= 4 is 11.6 Å². The zero-order valence-corrected chi connectivity index (χ0v) is 15.8. The minimum absolute atomic E-state index is 0.662. The van der Waals surface area contributed by atoms with Gasteiger partial charge in [-0.25, -0.2) is 0 Å². The fourth-order valence-corrected chi connectivity index (χ4v) is 2.99. The molecule has 130 valence electrons. The Hall–Kier alpha value is -1.35. The lowest BCUT2D eigenvalue weighted by atomic mass is 10.0. The van der Waals surface area contributed by atoms with Crippen LogP contribution in [0.15, 0.2) is 48.5 Å². The summed E-state index contributed by atoms with van der Waals surface area (Å²) in [6, 6.07) is 17.4. The quantitative estimate of drug-likeness (QED) is 0.627. The summed E-state index contributed by atoms with van der Waals surface area (Å²) >= 11 is 5.94. The molecule has 0 bridgehead atoms. The summed E-state index contributed by atoms with van der Waals surface area (Å²) in [5.41, 5.74) is 3.75. The van der Waals surface area contributed by atoms with Crippen LogP contribution >= 0.6 is 11.6 Å². The molecule has 0 aliphatic rings. The molecule has 1 unspecified atom stereocenters. The Morgan fingerprint density at radius 1 is 0.958 bits per heavy atom. The van der Waals surface area contributed by atoms with Gasteiger partial charge in [0.15, 0.2) is 0 Å². The van der Waals surface area contributed by atoms with Crippen LogP contribution in [0.4, 0.5) is 0 Å². The summed E-state index contributed by atoms with van der Waals surface area (Å²) < 4.78 is 0. The molecule has 2 nitrogen and oxygen atoms in total. The minimum atomic E-state index is 0.662. The van der Waals surface area contributed by atoms with Crippen molar-refractivity contribution in [2.24, 2.45) is 0 Å². The van der Waals surface area contributed by atoms with Crippen LogP contribution < -0.4 is 5.32 Å². The maximum Gasteiger partial charge on any atom is 0.0406 e. The summed E-state index contributed by atoms with van der Waals surface area (Å²) in [6.07, 6.45) is 1.21. The Morgan fingerprint density at radius 2 is 1.54 bits per heavy atom. The highest BCUT2D eigenvalue weighted by Crippen LogP contribution is 2.21. The van der Waals surface area contributed by atoms with E-state index in [4.69, 9.17) is 11.6 Å². The monoisotopic (exact) mass is 344 g/mol. The van der Waals surface area contributed by atoms with Crippen molar-refractivity contribution in [3.05, 3.63) is 59.1 Å². The normalized spacial score (nSPS) is 12.5. The molecule has 0 radical (unpaired) electrons. The molecule has 0 aromatic heterocycles. The highest BCUT2D eigenvalue weighted by atomic mass is 35.5. The number of halogens is 1. The van der Waals surface area contributed by atoms with Crippen molar-refractivity contribution in [3.63, 3.8) is 0 Å². The molecule has 24 heavy (non-hydrogen) atoms. The molecule has 2 rings (SSSR count). The lowest BCUT2D eigenvalue weighted by Crippen LogP contribution is -2.37. The molecule has 2 aromatic rings. The van der Waals surface area contributed by atoms with Crippen LogP contribution in [0.25, 0.3) is 11.1 Å². The first-order valence-corrected chi connectivity index (χ1v) is 9.31. The van der Waals surface area contributed by atoms with Crippen molar-refractivity contribution in [1.82, 2.24) is 10.2 Å². The second kappa shape index (κ2) is 9.83. The molecule has 1 atom stereocenters. The molecule has 0 aliphatic carbocycles. The van der Waals surface area contributed by atoms with Gasteiger partial charge < -0.3 is 5.32 Å². The number of likely N-dealkylation sites (N-methyl/N-ethyl adjacent to an activating group) is 1. The predicted molar refractivity (Wildman–Crippen MR) is 106 cm³/mol. The fourth-order valence-electron chi connectivity index (χ4n) is 2.86. The Bertz CT molecular complexity index is 592. The molecule has 0 fully saturated rings. The van der Waals surface area contributed by atoms with Gasteiger partial charge >= 0.3 is 0 Å². The summed E-state index contributed by atoms with van der Waals surface area (Å²) in [5, 5.41) is 4.33. The van der Waals surface area contributed by atoms with Gasteiger partial charge in [0.25, 0.3) is 0 Å². The van der Waals surface area contributed by atoms with Crippen LogP contribution in [0, 0.1) is 0 Å². The molecular formula is C21H29ClN2. The van der Waals surface area contributed by atoms with E-state index in [1.54, 1.807) is 0 Å². The Kier molecular flexibility index (Phi) is 7.77. The van der Waals surface area contributed by atoms with Crippen molar-refractivity contribution in [2.45, 2.75) is 39.8 Å². The first-order valence-electron chi connectivity index (χ1n) is 8.93. The number of benzene rings is 2. The Balaban J connectivity index is 1.81. The second-order valence-corrected chi connectivity index (χ2v) is 6.70. The standard InChI is InChI=1S/C21H29ClN2/c1-4-17(3)24(5-2)15-14-23-16-18-6-8-19(9-7-18)20-10-12-21(22)13-11-20/h6-13,17,23H,4-5,14-16H2,1-3H3. The molecule has 0 aliphatic heterocycles. The smallest absolute Gasteiger partial charge is 0.0406 e. The second-order valence-electron chi connectivity index (χ2n) is 6.27. The van der Waals surface area contributed by atoms with E-state index in [-0.39, 0.29) is 0 Å². The lowest BCUT2D eigenvalue weighted by Gasteiger charge is -2.26. The maximum atomic E-state index is 5.94. The highest BCUT2D eigenvalue weighted by Gasteiger charge is 2.08. The van der Waals surface area contributed by atoms with Gasteiger partial charge in [-0.05, 0) is 48.7 Å². The molecular weight excluding hydrogens is 316 g/mol. The maximum absolute atomic E-state index is 5.94. The van der Waals surface area contributed by atoms with Gasteiger partial charge in [0.1, 0.15) is 0 Å². The van der Waals surface area contributed by atoms with Gasteiger partial charge in [-0.1, -0.05) is 61.8 Å². The van der Waals surface area contributed by atoms with Crippen molar-refractivity contribution < 1.29 is 0 Å². The highest BCUT2D eigenvalue weighted by molar-refractivity contribution is 6.30. The molecule has 3 heteroatoms. The van der Waals surface area contributed by atoms with Crippen molar-refractivity contribution in [1.29, 1.82) is 0 Å². The zero-order valence-electron chi connectivity index (χ0n) is 15.1. The average molecular weight is 345 g/mol. The zero-order chi connectivity index (χ0) is 17.4. The van der Waals surface area contributed by atoms with E-state index in [0.717, 1.165) is 31.2 Å². The third kappa shape index (κ3) is 5.62. The number of nitrogens with one attached hydrogen (secondary N) is 1. The van der Waals surface area contributed by atoms with Gasteiger partial charge in [0.05, 0.1) is 0 Å². The molecule has 0 saturated heterocycles. The van der Waals surface area contributed by atoms with Gasteiger partial charge in [0, 0.05) is 30.7 Å². The Labute approximate surface area is 151 Å². The van der Waals surface area contributed by atoms with Crippen molar-refractivity contribution in [3.8, 4) is 11.1 Å². The number of rotatable bonds is 9. The number of hydrogen-bond donors (Lipinski definition) is 1. The minimum Gasteiger partial charge on any atom is -0.311 e. The largest absolute Gasteiger partial charge is 0.311 e. The van der Waals surface area contributed by atoms with Crippen molar-refractivity contribution in [2.75, 3.05) is 19.6 Å². The molecule has 0 spiro atoms. The van der Waals surface area contributed by atoms with Gasteiger partial charge in [0.2, 0.25) is 0 Å². The summed E-state index contributed by atoms with van der Waals surface area (Å²) in [6.45, 7) is 11.0. The van der Waals surface area contributed by atoms with Gasteiger partial charge in [-0.2, -0.15) is 0 Å². The fraction of sp³-hybridized carbons (Fsp3) is 0.429. The SMILES string of the molecule is CCC(C)N(CC)CCNCc1ccc(-c2ccc(Cl)cc2)cc1. The predicted octanol–water partition coefficient (Wildman–Crippen LogP) is 5.22. The van der Waals surface area contributed by atoms with E-state index in [1.165, 1.54) is 23.1 Å². The van der Waals surface area contributed by atoms with Gasteiger partial charge in [-0.15, -0.1) is 0 Å². The third-order valence-electron chi connectivity index (χ3n) is 4.66. The molecule has 0 heterocycles. The van der Waals surface area contributed by atoms with Crippen LogP contribution in [0.1, 0.15) is 32.8 Å². The first kappa shape index (κ1) is 19.0. The van der Waals surface area contributed by atoms with Crippen LogP contribution in [0.5, 0.6) is 0 Å². The van der Waals surface area contributed by atoms with E-state index < -0.39 is 0 Å². The van der Waals surface area contributed by atoms with E-state index >= 15 is 0 Å². The van der Waals surface area contributed by atoms with E-state index in [0.29, 0.717) is 6.04 Å². The van der Waals surface area contributed by atoms with Crippen LogP contribution in [0.2, 0.25) is 5.02 Å². The van der Waals surface area contributed by atoms with Crippen LogP contribution in [-0.2, 0) is 6.54 Å². The lowest BCUT2D eigenvalue weighted by molar-refractivity contribution is 0.215. The van der Waals surface area contributed by atoms with Crippen LogP contribution in [0.3, 0.4) is 0 Å². The van der Waals surface area contributed by atoms with Gasteiger partial charge in [-0.3, -0.25) is 4.90 Å². The molecule has 0 amide bonds. The average Bonchev–Trinajstić information content (AvgIpc) is 2.62. The summed E-state index contributed by atoms with van der Waals surface area (Å²) in [5.74, 6) is 0. The Morgan fingerprint density at radius 3 is 2.08 bits per heavy atom. The summed E-state index contributed by atoms with van der Waals surface area (Å²) in [4.78, 5) is 2.52. The van der Waals surface area contributed by atoms with E-state index in [2.05, 4.69) is 67.4 Å². The van der Waals surface area contributed by atoms with E-state index in [9.17, 15) is 0 Å². The third-order valence-corrected chi connectivity index (χ3v) is 4.91. The number of nitrogens with zero attached hydrogens (tertiary/aromatic N) is 1. The topological polar surface area (TPSA) is 15.3 Å². The summed E-state index contributed by atoms with van der Waals surface area (Å²) in [7, 11) is 0. The molecule has 2 aromatic carbocycles. The first-order chi connectivity index (χ1) is 11.6. The van der Waals surface area contributed by atoms with E-state index in [1.807, 2.05) is 12.1 Å². The number of hydrogen-bond acceptors (Lipinski definition) is 2.